The van der Waals surface area contributed by atoms with Gasteiger partial charge < -0.3 is 10.2 Å². The molecule has 0 radical (unpaired) electrons. The topological polar surface area (TPSA) is 15.3 Å². The molecule has 0 aromatic heterocycles. The summed E-state index contributed by atoms with van der Waals surface area (Å²) in [7, 11) is 0. The third kappa shape index (κ3) is 4.24. The van der Waals surface area contributed by atoms with Gasteiger partial charge in [0.2, 0.25) is 0 Å². The van der Waals surface area contributed by atoms with Crippen LogP contribution in [0.3, 0.4) is 0 Å². The lowest BCUT2D eigenvalue weighted by Gasteiger charge is -2.44. The van der Waals surface area contributed by atoms with Crippen LogP contribution >= 0.6 is 0 Å². The summed E-state index contributed by atoms with van der Waals surface area (Å²) in [6, 6.07) is 0.955. The van der Waals surface area contributed by atoms with Crippen molar-refractivity contribution in [1.29, 1.82) is 0 Å². The molecule has 1 heterocycles. The Morgan fingerprint density at radius 1 is 1.00 bits per heavy atom. The summed E-state index contributed by atoms with van der Waals surface area (Å²) < 4.78 is 0. The van der Waals surface area contributed by atoms with Gasteiger partial charge in [0.05, 0.1) is 0 Å². The van der Waals surface area contributed by atoms with E-state index in [-0.39, 0.29) is 0 Å². The molecule has 18 heavy (non-hydrogen) atoms. The van der Waals surface area contributed by atoms with Gasteiger partial charge in [-0.2, -0.15) is 0 Å². The van der Waals surface area contributed by atoms with Gasteiger partial charge in [-0.1, -0.05) is 19.8 Å². The first kappa shape index (κ1) is 14.3. The molecule has 2 atom stereocenters. The minimum absolute atomic E-state index is 0.955. The highest BCUT2D eigenvalue weighted by atomic mass is 15.2. The molecule has 1 saturated carbocycles. The molecule has 0 spiro atoms. The van der Waals surface area contributed by atoms with Gasteiger partial charge in [0.25, 0.3) is 0 Å². The Kier molecular flexibility index (Phi) is 6.50. The number of hydrogen-bond acceptors (Lipinski definition) is 2. The zero-order chi connectivity index (χ0) is 12.6. The van der Waals surface area contributed by atoms with E-state index in [0.29, 0.717) is 0 Å². The fourth-order valence-electron chi connectivity index (χ4n) is 3.87. The minimum Gasteiger partial charge on any atom is -0.317 e. The van der Waals surface area contributed by atoms with Crippen LogP contribution in [0, 0.1) is 5.92 Å². The van der Waals surface area contributed by atoms with Crippen molar-refractivity contribution in [2.24, 2.45) is 5.92 Å². The lowest BCUT2D eigenvalue weighted by Crippen LogP contribution is -2.47. The number of hydrogen-bond donors (Lipinski definition) is 1. The highest BCUT2D eigenvalue weighted by Gasteiger charge is 2.32. The van der Waals surface area contributed by atoms with Crippen molar-refractivity contribution in [2.45, 2.75) is 70.8 Å². The normalized spacial score (nSPS) is 29.2. The van der Waals surface area contributed by atoms with Gasteiger partial charge in [-0.05, 0) is 77.0 Å². The van der Waals surface area contributed by atoms with Gasteiger partial charge in [-0.25, -0.2) is 0 Å². The summed E-state index contributed by atoms with van der Waals surface area (Å²) in [6.45, 7) is 7.38. The van der Waals surface area contributed by atoms with Crippen molar-refractivity contribution in [2.75, 3.05) is 26.2 Å². The van der Waals surface area contributed by atoms with Gasteiger partial charge >= 0.3 is 0 Å². The number of rotatable bonds is 7. The maximum atomic E-state index is 3.51. The molecule has 1 N–H and O–H groups in total. The summed E-state index contributed by atoms with van der Waals surface area (Å²) in [6.07, 6.45) is 12.9. The van der Waals surface area contributed by atoms with Crippen LogP contribution in [-0.4, -0.2) is 37.1 Å². The number of unbranched alkanes of at least 4 members (excludes halogenated alkanes) is 1. The van der Waals surface area contributed by atoms with Gasteiger partial charge in [-0.15, -0.1) is 0 Å². The van der Waals surface area contributed by atoms with E-state index in [2.05, 4.69) is 17.1 Å². The fraction of sp³-hybridized carbons (Fsp3) is 1.00. The van der Waals surface area contributed by atoms with Gasteiger partial charge in [0.15, 0.2) is 0 Å². The molecular weight excluding hydrogens is 220 g/mol. The highest BCUT2D eigenvalue weighted by molar-refractivity contribution is 4.87. The van der Waals surface area contributed by atoms with E-state index in [1.807, 2.05) is 0 Å². The molecule has 2 heteroatoms. The third-order valence-electron chi connectivity index (χ3n) is 4.83. The van der Waals surface area contributed by atoms with Gasteiger partial charge in [0.1, 0.15) is 0 Å². The largest absolute Gasteiger partial charge is 0.317 e. The third-order valence-corrected chi connectivity index (χ3v) is 4.83. The monoisotopic (exact) mass is 252 g/mol. The van der Waals surface area contributed by atoms with Gasteiger partial charge in [-0.3, -0.25) is 0 Å². The van der Waals surface area contributed by atoms with Crippen LogP contribution in [0.5, 0.6) is 0 Å². The number of nitrogens with one attached hydrogen (secondary N) is 1. The Balaban J connectivity index is 1.62. The number of fused-ring (bicyclic) bond motifs is 1. The van der Waals surface area contributed by atoms with E-state index >= 15 is 0 Å². The van der Waals surface area contributed by atoms with Crippen LogP contribution in [0.2, 0.25) is 0 Å². The van der Waals surface area contributed by atoms with E-state index in [1.54, 1.807) is 0 Å². The number of nitrogens with zero attached hydrogens (tertiary/aromatic N) is 1. The van der Waals surface area contributed by atoms with E-state index in [0.717, 1.165) is 12.0 Å². The molecule has 1 saturated heterocycles. The summed E-state index contributed by atoms with van der Waals surface area (Å²) in [5.41, 5.74) is 0. The van der Waals surface area contributed by atoms with Crippen LogP contribution in [0.25, 0.3) is 0 Å². The van der Waals surface area contributed by atoms with Crippen molar-refractivity contribution in [3.05, 3.63) is 0 Å². The molecular formula is C16H32N2. The van der Waals surface area contributed by atoms with Crippen molar-refractivity contribution in [3.63, 3.8) is 0 Å². The second-order valence-corrected chi connectivity index (χ2v) is 6.25. The Morgan fingerprint density at radius 3 is 2.72 bits per heavy atom. The standard InChI is InChI=1S/C16H32N2/c1-2-11-17-12-5-6-13-18-14-7-9-15-8-3-4-10-16(15)18/h15-17H,2-14H2,1H3. The predicted octanol–water partition coefficient (Wildman–Crippen LogP) is 3.42. The Bertz CT molecular complexity index is 215. The zero-order valence-electron chi connectivity index (χ0n) is 12.3. The van der Waals surface area contributed by atoms with Crippen LogP contribution in [0.4, 0.5) is 0 Å². The molecule has 0 aromatic carbocycles. The average Bonchev–Trinajstić information content (AvgIpc) is 2.43. The molecule has 2 fully saturated rings. The fourth-order valence-corrected chi connectivity index (χ4v) is 3.87. The molecule has 106 valence electrons. The molecule has 2 aliphatic rings. The zero-order valence-corrected chi connectivity index (χ0v) is 12.3. The second-order valence-electron chi connectivity index (χ2n) is 6.25. The molecule has 0 aromatic rings. The van der Waals surface area contributed by atoms with E-state index in [9.17, 15) is 0 Å². The average molecular weight is 252 g/mol. The molecule has 2 unspecified atom stereocenters. The van der Waals surface area contributed by atoms with E-state index in [4.69, 9.17) is 0 Å². The summed E-state index contributed by atoms with van der Waals surface area (Å²) in [4.78, 5) is 2.83. The summed E-state index contributed by atoms with van der Waals surface area (Å²) in [5.74, 6) is 1.05. The Labute approximate surface area is 114 Å². The van der Waals surface area contributed by atoms with Crippen LogP contribution in [0.15, 0.2) is 0 Å². The first-order chi connectivity index (χ1) is 8.92. The second kappa shape index (κ2) is 8.16. The Morgan fingerprint density at radius 2 is 1.83 bits per heavy atom. The molecule has 2 rings (SSSR count). The first-order valence-corrected chi connectivity index (χ1v) is 8.36. The molecule has 0 bridgehead atoms. The Hall–Kier alpha value is -0.0800. The van der Waals surface area contributed by atoms with Crippen molar-refractivity contribution < 1.29 is 0 Å². The molecule has 1 aliphatic carbocycles. The smallest absolute Gasteiger partial charge is 0.0123 e. The SMILES string of the molecule is CCCNCCCCN1CCCC2CCCCC21. The highest BCUT2D eigenvalue weighted by Crippen LogP contribution is 2.35. The van der Waals surface area contributed by atoms with Crippen molar-refractivity contribution in [3.8, 4) is 0 Å². The van der Waals surface area contributed by atoms with Crippen molar-refractivity contribution in [1.82, 2.24) is 10.2 Å². The molecule has 0 amide bonds. The summed E-state index contributed by atoms with van der Waals surface area (Å²) in [5, 5.41) is 3.51. The number of piperidine rings is 1. The predicted molar refractivity (Wildman–Crippen MR) is 78.9 cm³/mol. The quantitative estimate of drug-likeness (QED) is 0.698. The maximum absolute atomic E-state index is 3.51. The van der Waals surface area contributed by atoms with Crippen LogP contribution in [0.1, 0.15) is 64.7 Å². The minimum atomic E-state index is 0.955. The lowest BCUT2D eigenvalue weighted by molar-refractivity contribution is 0.0597. The maximum Gasteiger partial charge on any atom is 0.0123 e. The molecule has 2 nitrogen and oxygen atoms in total. The molecule has 1 aliphatic heterocycles. The van der Waals surface area contributed by atoms with Crippen molar-refractivity contribution >= 4 is 0 Å². The van der Waals surface area contributed by atoms with Crippen LogP contribution in [-0.2, 0) is 0 Å². The first-order valence-electron chi connectivity index (χ1n) is 8.36. The van der Waals surface area contributed by atoms with E-state index < -0.39 is 0 Å². The lowest BCUT2D eigenvalue weighted by atomic mass is 9.78. The van der Waals surface area contributed by atoms with Crippen LogP contribution < -0.4 is 5.32 Å². The summed E-state index contributed by atoms with van der Waals surface area (Å²) >= 11 is 0. The van der Waals surface area contributed by atoms with Gasteiger partial charge in [0, 0.05) is 6.04 Å². The number of likely N-dealkylation sites (tertiary alicyclic amines) is 1. The van der Waals surface area contributed by atoms with E-state index in [1.165, 1.54) is 84.0 Å².